The molecule has 1 rings (SSSR count). The van der Waals surface area contributed by atoms with E-state index in [-0.39, 0.29) is 11.8 Å². The Morgan fingerprint density at radius 2 is 1.78 bits per heavy atom. The molecule has 0 aromatic carbocycles. The maximum atomic E-state index is 12.0. The molecule has 104 valence electrons. The molecule has 0 bridgehead atoms. The first-order valence-electron chi connectivity index (χ1n) is 6.39. The molecule has 0 aromatic heterocycles. The van der Waals surface area contributed by atoms with Crippen LogP contribution in [0.1, 0.15) is 20.3 Å². The van der Waals surface area contributed by atoms with Crippen LogP contribution in [0.4, 0.5) is 0 Å². The molecule has 0 spiro atoms. The number of piperazine rings is 1. The molecule has 0 saturated carbocycles. The number of nitrogens with zero attached hydrogens (tertiary/aromatic N) is 2. The van der Waals surface area contributed by atoms with Crippen molar-refractivity contribution in [1.29, 1.82) is 0 Å². The molecule has 0 aromatic rings. The fourth-order valence-corrected chi connectivity index (χ4v) is 2.81. The molecular formula is C12H23N3O2S. The van der Waals surface area contributed by atoms with Crippen LogP contribution in [-0.2, 0) is 9.59 Å². The predicted octanol–water partition coefficient (Wildman–Crippen LogP) is 0.148. The molecule has 0 radical (unpaired) electrons. The van der Waals surface area contributed by atoms with E-state index < -0.39 is 0 Å². The molecule has 2 amide bonds. The van der Waals surface area contributed by atoms with E-state index in [9.17, 15) is 9.59 Å². The lowest BCUT2D eigenvalue weighted by Gasteiger charge is -2.34. The second-order valence-electron chi connectivity index (χ2n) is 4.59. The lowest BCUT2D eigenvalue weighted by Crippen LogP contribution is -2.50. The minimum atomic E-state index is 0.0908. The Balaban J connectivity index is 2.25. The summed E-state index contributed by atoms with van der Waals surface area (Å²) in [5.74, 6) is 0.779. The number of amides is 2. The first-order valence-corrected chi connectivity index (χ1v) is 7.44. The summed E-state index contributed by atoms with van der Waals surface area (Å²) in [6, 6.07) is 0. The van der Waals surface area contributed by atoms with Gasteiger partial charge in [-0.05, 0) is 13.0 Å². The van der Waals surface area contributed by atoms with Crippen LogP contribution in [0.2, 0.25) is 0 Å². The van der Waals surface area contributed by atoms with Gasteiger partial charge in [0.25, 0.3) is 0 Å². The van der Waals surface area contributed by atoms with Gasteiger partial charge in [0.05, 0.1) is 5.75 Å². The van der Waals surface area contributed by atoms with Crippen molar-refractivity contribution in [2.24, 2.45) is 5.73 Å². The third-order valence-corrected chi connectivity index (χ3v) is 4.36. The second kappa shape index (κ2) is 7.63. The van der Waals surface area contributed by atoms with Crippen LogP contribution in [0.25, 0.3) is 0 Å². The molecule has 1 unspecified atom stereocenters. The standard InChI is InChI=1S/C12H23N3O2S/c1-10(3-4-13)18-9-12(17)15-7-5-14(6-8-15)11(2)16/h10H,3-9,13H2,1-2H3. The Bertz CT molecular complexity index is 291. The van der Waals surface area contributed by atoms with Crippen LogP contribution < -0.4 is 5.73 Å². The molecule has 2 N–H and O–H groups in total. The SMILES string of the molecule is CC(=O)N1CCN(C(=O)CSC(C)CCN)CC1. The highest BCUT2D eigenvalue weighted by molar-refractivity contribution is 8.00. The third-order valence-electron chi connectivity index (χ3n) is 3.14. The van der Waals surface area contributed by atoms with Crippen molar-refractivity contribution in [3.8, 4) is 0 Å². The van der Waals surface area contributed by atoms with E-state index in [0.717, 1.165) is 6.42 Å². The minimum absolute atomic E-state index is 0.0908. The van der Waals surface area contributed by atoms with Gasteiger partial charge in [-0.1, -0.05) is 6.92 Å². The number of nitrogens with two attached hydrogens (primary N) is 1. The number of hydrogen-bond acceptors (Lipinski definition) is 4. The first-order chi connectivity index (χ1) is 8.54. The van der Waals surface area contributed by atoms with Crippen molar-refractivity contribution in [3.63, 3.8) is 0 Å². The van der Waals surface area contributed by atoms with E-state index in [1.807, 2.05) is 4.90 Å². The van der Waals surface area contributed by atoms with Gasteiger partial charge >= 0.3 is 0 Å². The van der Waals surface area contributed by atoms with Gasteiger partial charge in [-0.3, -0.25) is 9.59 Å². The Morgan fingerprint density at radius 1 is 1.22 bits per heavy atom. The van der Waals surface area contributed by atoms with Crippen LogP contribution in [0, 0.1) is 0 Å². The van der Waals surface area contributed by atoms with E-state index in [1.54, 1.807) is 23.6 Å². The Labute approximate surface area is 113 Å². The molecule has 18 heavy (non-hydrogen) atoms. The Hall–Kier alpha value is -0.750. The maximum Gasteiger partial charge on any atom is 0.232 e. The van der Waals surface area contributed by atoms with Crippen LogP contribution >= 0.6 is 11.8 Å². The zero-order valence-electron chi connectivity index (χ0n) is 11.2. The quantitative estimate of drug-likeness (QED) is 0.774. The molecule has 1 aliphatic rings. The first kappa shape index (κ1) is 15.3. The summed E-state index contributed by atoms with van der Waals surface area (Å²) in [5.41, 5.74) is 5.48. The van der Waals surface area contributed by atoms with Crippen LogP contribution in [-0.4, -0.2) is 65.3 Å². The summed E-state index contributed by atoms with van der Waals surface area (Å²) < 4.78 is 0. The van der Waals surface area contributed by atoms with Gasteiger partial charge in [0.1, 0.15) is 0 Å². The van der Waals surface area contributed by atoms with Gasteiger partial charge in [0, 0.05) is 38.4 Å². The number of hydrogen-bond donors (Lipinski definition) is 1. The Morgan fingerprint density at radius 3 is 2.28 bits per heavy atom. The molecular weight excluding hydrogens is 250 g/mol. The normalized spacial score (nSPS) is 17.7. The van der Waals surface area contributed by atoms with Crippen molar-refractivity contribution in [1.82, 2.24) is 9.80 Å². The summed E-state index contributed by atoms with van der Waals surface area (Å²) in [5, 5.41) is 0.428. The molecule has 5 nitrogen and oxygen atoms in total. The molecule has 0 aliphatic carbocycles. The van der Waals surface area contributed by atoms with Crippen molar-refractivity contribution in [2.75, 3.05) is 38.5 Å². The van der Waals surface area contributed by atoms with Crippen LogP contribution in [0.15, 0.2) is 0 Å². The zero-order chi connectivity index (χ0) is 13.5. The minimum Gasteiger partial charge on any atom is -0.339 e. The van der Waals surface area contributed by atoms with Crippen molar-refractivity contribution >= 4 is 23.6 Å². The summed E-state index contributed by atoms with van der Waals surface area (Å²) in [4.78, 5) is 26.8. The van der Waals surface area contributed by atoms with Gasteiger partial charge in [-0.25, -0.2) is 0 Å². The van der Waals surface area contributed by atoms with E-state index >= 15 is 0 Å². The maximum absolute atomic E-state index is 12.0. The fourth-order valence-electron chi connectivity index (χ4n) is 1.89. The summed E-state index contributed by atoms with van der Waals surface area (Å²) in [6.45, 7) is 6.96. The van der Waals surface area contributed by atoms with Gasteiger partial charge in [0.15, 0.2) is 0 Å². The van der Waals surface area contributed by atoms with Gasteiger partial charge < -0.3 is 15.5 Å². The van der Waals surface area contributed by atoms with E-state index in [2.05, 4.69) is 6.92 Å². The van der Waals surface area contributed by atoms with E-state index in [1.165, 1.54) is 0 Å². The average molecular weight is 273 g/mol. The molecule has 1 heterocycles. The van der Waals surface area contributed by atoms with Gasteiger partial charge in [-0.15, -0.1) is 11.8 Å². The smallest absolute Gasteiger partial charge is 0.232 e. The zero-order valence-corrected chi connectivity index (χ0v) is 12.0. The molecule has 1 atom stereocenters. The second-order valence-corrected chi connectivity index (χ2v) is 6.01. The average Bonchev–Trinajstić information content (AvgIpc) is 2.36. The number of carbonyl (C=O) groups excluding carboxylic acids is 2. The highest BCUT2D eigenvalue weighted by atomic mass is 32.2. The summed E-state index contributed by atoms with van der Waals surface area (Å²) >= 11 is 1.66. The molecule has 1 fully saturated rings. The molecule has 6 heteroatoms. The van der Waals surface area contributed by atoms with Crippen molar-refractivity contribution in [3.05, 3.63) is 0 Å². The highest BCUT2D eigenvalue weighted by Crippen LogP contribution is 2.14. The predicted molar refractivity (Wildman–Crippen MR) is 74.4 cm³/mol. The van der Waals surface area contributed by atoms with Crippen LogP contribution in [0.5, 0.6) is 0 Å². The monoisotopic (exact) mass is 273 g/mol. The third kappa shape index (κ3) is 4.86. The summed E-state index contributed by atoms with van der Waals surface area (Å²) in [7, 11) is 0. The highest BCUT2D eigenvalue weighted by Gasteiger charge is 2.22. The lowest BCUT2D eigenvalue weighted by atomic mass is 10.3. The van der Waals surface area contributed by atoms with Crippen molar-refractivity contribution in [2.45, 2.75) is 25.5 Å². The number of rotatable bonds is 5. The topological polar surface area (TPSA) is 66.6 Å². The van der Waals surface area contributed by atoms with E-state index in [0.29, 0.717) is 43.7 Å². The molecule has 1 saturated heterocycles. The molecule has 1 aliphatic heterocycles. The van der Waals surface area contributed by atoms with Gasteiger partial charge in [-0.2, -0.15) is 0 Å². The number of carbonyl (C=O) groups is 2. The van der Waals surface area contributed by atoms with Gasteiger partial charge in [0.2, 0.25) is 11.8 Å². The van der Waals surface area contributed by atoms with Crippen LogP contribution in [0.3, 0.4) is 0 Å². The van der Waals surface area contributed by atoms with E-state index in [4.69, 9.17) is 5.73 Å². The Kier molecular flexibility index (Phi) is 6.49. The fraction of sp³-hybridized carbons (Fsp3) is 0.833. The summed E-state index contributed by atoms with van der Waals surface area (Å²) in [6.07, 6.45) is 0.941. The van der Waals surface area contributed by atoms with Crippen molar-refractivity contribution < 1.29 is 9.59 Å². The number of thioether (sulfide) groups is 1. The largest absolute Gasteiger partial charge is 0.339 e. The lowest BCUT2D eigenvalue weighted by molar-refractivity contribution is -0.136.